The van der Waals surface area contributed by atoms with Gasteiger partial charge in [0.15, 0.2) is 5.82 Å². The van der Waals surface area contributed by atoms with Gasteiger partial charge in [-0.1, -0.05) is 49.4 Å². The molecule has 3 aromatic rings. The summed E-state index contributed by atoms with van der Waals surface area (Å²) in [5.74, 6) is 0.00170. The fourth-order valence-electron chi connectivity index (χ4n) is 2.56. The lowest BCUT2D eigenvalue weighted by Crippen LogP contribution is -1.93. The van der Waals surface area contributed by atoms with Gasteiger partial charge in [-0.05, 0) is 18.1 Å². The molecular formula is C17H16FN3. The first kappa shape index (κ1) is 13.4. The Kier molecular flexibility index (Phi) is 3.44. The van der Waals surface area contributed by atoms with Crippen molar-refractivity contribution in [2.45, 2.75) is 13.3 Å². The zero-order valence-electron chi connectivity index (χ0n) is 11.7. The minimum Gasteiger partial charge on any atom is -0.382 e. The molecule has 0 radical (unpaired) electrons. The lowest BCUT2D eigenvalue weighted by molar-refractivity contribution is 0.631. The fraction of sp³-hybridized carbons (Fsp3) is 0.118. The van der Waals surface area contributed by atoms with Gasteiger partial charge in [0.05, 0.1) is 11.3 Å². The van der Waals surface area contributed by atoms with Crippen molar-refractivity contribution in [2.75, 3.05) is 5.73 Å². The second-order valence-electron chi connectivity index (χ2n) is 4.85. The number of nitrogens with one attached hydrogen (secondary N) is 1. The van der Waals surface area contributed by atoms with Crippen molar-refractivity contribution in [3.8, 4) is 22.4 Å². The highest BCUT2D eigenvalue weighted by atomic mass is 19.1. The van der Waals surface area contributed by atoms with Crippen LogP contribution >= 0.6 is 0 Å². The molecular weight excluding hydrogens is 265 g/mol. The Hall–Kier alpha value is -2.62. The normalized spacial score (nSPS) is 10.8. The number of aryl methyl sites for hydroxylation is 1. The number of anilines is 1. The number of nitrogens with zero attached hydrogens (tertiary/aromatic N) is 1. The van der Waals surface area contributed by atoms with Gasteiger partial charge in [0.2, 0.25) is 0 Å². The van der Waals surface area contributed by atoms with Gasteiger partial charge in [-0.2, -0.15) is 5.10 Å². The number of aromatic nitrogens is 2. The van der Waals surface area contributed by atoms with Crippen molar-refractivity contribution < 1.29 is 4.39 Å². The molecule has 0 saturated carbocycles. The molecule has 4 heteroatoms. The van der Waals surface area contributed by atoms with E-state index >= 15 is 0 Å². The van der Waals surface area contributed by atoms with Crippen LogP contribution in [-0.4, -0.2) is 10.2 Å². The number of hydrogen-bond acceptors (Lipinski definition) is 2. The van der Waals surface area contributed by atoms with E-state index in [1.807, 2.05) is 18.2 Å². The SMILES string of the molecule is CCc1ccccc1-c1[nH]nc(N)c1-c1ccccc1F. The number of benzene rings is 2. The molecule has 3 N–H and O–H groups in total. The van der Waals surface area contributed by atoms with E-state index in [1.165, 1.54) is 11.6 Å². The maximum atomic E-state index is 14.1. The van der Waals surface area contributed by atoms with E-state index in [1.54, 1.807) is 18.2 Å². The van der Waals surface area contributed by atoms with Gasteiger partial charge in [0.1, 0.15) is 5.82 Å². The number of H-pyrrole nitrogens is 1. The molecule has 3 rings (SSSR count). The summed E-state index contributed by atoms with van der Waals surface area (Å²) in [6, 6.07) is 14.6. The number of halogens is 1. The van der Waals surface area contributed by atoms with Crippen molar-refractivity contribution in [3.63, 3.8) is 0 Å². The molecule has 0 saturated heterocycles. The van der Waals surface area contributed by atoms with E-state index in [9.17, 15) is 4.39 Å². The highest BCUT2D eigenvalue weighted by Gasteiger charge is 2.18. The maximum absolute atomic E-state index is 14.1. The first-order valence-electron chi connectivity index (χ1n) is 6.89. The Bertz CT molecular complexity index is 777. The number of nitrogens with two attached hydrogens (primary N) is 1. The highest BCUT2D eigenvalue weighted by Crippen LogP contribution is 2.37. The van der Waals surface area contributed by atoms with E-state index in [0.29, 0.717) is 16.9 Å². The van der Waals surface area contributed by atoms with Crippen LogP contribution in [0.1, 0.15) is 12.5 Å². The third-order valence-electron chi connectivity index (χ3n) is 3.61. The summed E-state index contributed by atoms with van der Waals surface area (Å²) in [4.78, 5) is 0. The second kappa shape index (κ2) is 5.40. The van der Waals surface area contributed by atoms with E-state index in [-0.39, 0.29) is 5.82 Å². The Balaban J connectivity index is 2.25. The van der Waals surface area contributed by atoms with Crippen LogP contribution in [0.3, 0.4) is 0 Å². The number of nitrogen functional groups attached to an aromatic ring is 1. The van der Waals surface area contributed by atoms with Crippen LogP contribution in [0.15, 0.2) is 48.5 Å². The molecule has 0 aliphatic heterocycles. The largest absolute Gasteiger partial charge is 0.382 e. The molecule has 0 atom stereocenters. The van der Waals surface area contributed by atoms with Gasteiger partial charge >= 0.3 is 0 Å². The van der Waals surface area contributed by atoms with Gasteiger partial charge in [-0.25, -0.2) is 4.39 Å². The smallest absolute Gasteiger partial charge is 0.153 e. The van der Waals surface area contributed by atoms with Crippen molar-refractivity contribution in [1.29, 1.82) is 0 Å². The van der Waals surface area contributed by atoms with Crippen LogP contribution < -0.4 is 5.73 Å². The van der Waals surface area contributed by atoms with E-state index in [2.05, 4.69) is 23.2 Å². The molecule has 1 heterocycles. The number of aromatic amines is 1. The molecule has 0 unspecified atom stereocenters. The number of hydrogen-bond donors (Lipinski definition) is 2. The van der Waals surface area contributed by atoms with Gasteiger partial charge in [-0.15, -0.1) is 0 Å². The summed E-state index contributed by atoms with van der Waals surface area (Å²) >= 11 is 0. The van der Waals surface area contributed by atoms with Crippen LogP contribution in [0.25, 0.3) is 22.4 Å². The molecule has 106 valence electrons. The minimum absolute atomic E-state index is 0.305. The third kappa shape index (κ3) is 2.29. The quantitative estimate of drug-likeness (QED) is 0.761. The minimum atomic E-state index is -0.305. The highest BCUT2D eigenvalue weighted by molar-refractivity contribution is 5.88. The van der Waals surface area contributed by atoms with Crippen molar-refractivity contribution in [1.82, 2.24) is 10.2 Å². The standard InChI is InChI=1S/C17H16FN3/c1-2-11-7-3-4-8-12(11)16-15(17(19)21-20-16)13-9-5-6-10-14(13)18/h3-10H,2H2,1H3,(H3,19,20,21). The molecule has 0 fully saturated rings. The molecule has 0 aliphatic rings. The zero-order valence-corrected chi connectivity index (χ0v) is 11.7. The predicted octanol–water partition coefficient (Wildman–Crippen LogP) is 4.03. The van der Waals surface area contributed by atoms with Gasteiger partial charge < -0.3 is 5.73 Å². The molecule has 1 aromatic heterocycles. The molecule has 2 aromatic carbocycles. The van der Waals surface area contributed by atoms with Crippen LogP contribution in [0.2, 0.25) is 0 Å². The molecule has 0 spiro atoms. The predicted molar refractivity (Wildman–Crippen MR) is 83.2 cm³/mol. The first-order chi connectivity index (χ1) is 10.2. The summed E-state index contributed by atoms with van der Waals surface area (Å²) in [6.45, 7) is 2.08. The van der Waals surface area contributed by atoms with E-state index in [4.69, 9.17) is 5.73 Å². The molecule has 0 amide bonds. The Morgan fingerprint density at radius 2 is 1.71 bits per heavy atom. The van der Waals surface area contributed by atoms with Gasteiger partial charge in [-0.3, -0.25) is 5.10 Å². The average Bonchev–Trinajstić information content (AvgIpc) is 2.89. The lowest BCUT2D eigenvalue weighted by atomic mass is 9.96. The fourth-order valence-corrected chi connectivity index (χ4v) is 2.56. The van der Waals surface area contributed by atoms with E-state index < -0.39 is 0 Å². The molecule has 0 bridgehead atoms. The molecule has 3 nitrogen and oxygen atoms in total. The molecule has 21 heavy (non-hydrogen) atoms. The van der Waals surface area contributed by atoms with Crippen LogP contribution in [0.5, 0.6) is 0 Å². The third-order valence-corrected chi connectivity index (χ3v) is 3.61. The Labute approximate surface area is 122 Å². The van der Waals surface area contributed by atoms with Gasteiger partial charge in [0, 0.05) is 11.1 Å². The van der Waals surface area contributed by atoms with Crippen LogP contribution in [0, 0.1) is 5.82 Å². The summed E-state index contributed by atoms with van der Waals surface area (Å²) in [5.41, 5.74) is 9.97. The summed E-state index contributed by atoms with van der Waals surface area (Å²) in [7, 11) is 0. The van der Waals surface area contributed by atoms with Crippen LogP contribution in [0.4, 0.5) is 10.2 Å². The average molecular weight is 281 g/mol. The zero-order chi connectivity index (χ0) is 14.8. The van der Waals surface area contributed by atoms with Crippen molar-refractivity contribution >= 4 is 5.82 Å². The first-order valence-corrected chi connectivity index (χ1v) is 6.89. The summed E-state index contributed by atoms with van der Waals surface area (Å²) < 4.78 is 14.1. The second-order valence-corrected chi connectivity index (χ2v) is 4.85. The topological polar surface area (TPSA) is 54.7 Å². The van der Waals surface area contributed by atoms with Gasteiger partial charge in [0.25, 0.3) is 0 Å². The Morgan fingerprint density at radius 1 is 1.05 bits per heavy atom. The number of rotatable bonds is 3. The summed E-state index contributed by atoms with van der Waals surface area (Å²) in [6.07, 6.45) is 0.881. The van der Waals surface area contributed by atoms with E-state index in [0.717, 1.165) is 17.7 Å². The maximum Gasteiger partial charge on any atom is 0.153 e. The summed E-state index contributed by atoms with van der Waals surface area (Å²) in [5, 5.41) is 7.02. The molecule has 0 aliphatic carbocycles. The lowest BCUT2D eigenvalue weighted by Gasteiger charge is -2.09. The van der Waals surface area contributed by atoms with Crippen LogP contribution in [-0.2, 0) is 6.42 Å². The van der Waals surface area contributed by atoms with Crippen molar-refractivity contribution in [3.05, 3.63) is 59.9 Å². The van der Waals surface area contributed by atoms with Crippen molar-refractivity contribution in [2.24, 2.45) is 0 Å². The monoisotopic (exact) mass is 281 g/mol. The Morgan fingerprint density at radius 3 is 2.43 bits per heavy atom.